The second kappa shape index (κ2) is 5.71. The molecule has 0 fully saturated rings. The van der Waals surface area contributed by atoms with Crippen LogP contribution >= 0.6 is 0 Å². The van der Waals surface area contributed by atoms with Gasteiger partial charge in [0.25, 0.3) is 0 Å². The van der Waals surface area contributed by atoms with Crippen LogP contribution in [0.25, 0.3) is 4.85 Å². The van der Waals surface area contributed by atoms with Crippen molar-refractivity contribution in [2.45, 2.75) is 12.2 Å². The average molecular weight is 260 g/mol. The summed E-state index contributed by atoms with van der Waals surface area (Å²) in [6.45, 7) is 5.85. The molecule has 0 saturated heterocycles. The largest absolute Gasteiger partial charge is 0.407 e. The number of aliphatic hydroxyl groups is 2. The Morgan fingerprint density at radius 1 is 1.28 bits per heavy atom. The molecule has 0 aromatic heterocycles. The normalized spacial score (nSPS) is 11.4. The molecule has 0 saturated carbocycles. The van der Waals surface area contributed by atoms with E-state index in [1.165, 1.54) is 6.07 Å². The van der Waals surface area contributed by atoms with Crippen LogP contribution in [-0.4, -0.2) is 29.5 Å². The summed E-state index contributed by atoms with van der Waals surface area (Å²) in [7, 11) is 0. The molecule has 0 aliphatic heterocycles. The van der Waals surface area contributed by atoms with E-state index in [9.17, 15) is 13.2 Å². The predicted molar refractivity (Wildman–Crippen MR) is 59.3 cm³/mol. The maximum Gasteiger partial charge on any atom is 0.407 e. The molecule has 7 heteroatoms. The number of nitrogens with one attached hydrogen (secondary N) is 1. The number of anilines is 1. The van der Waals surface area contributed by atoms with Gasteiger partial charge in [0.05, 0.1) is 31.4 Å². The number of alkyl halides is 3. The van der Waals surface area contributed by atoms with E-state index < -0.39 is 36.7 Å². The summed E-state index contributed by atoms with van der Waals surface area (Å²) in [6, 6.07) is 2.38. The molecular formula is C11H11F3N2O2. The molecule has 1 rings (SSSR count). The Balaban J connectivity index is 3.08. The molecule has 3 N–H and O–H groups in total. The number of aliphatic hydroxyl groups excluding tert-OH is 2. The summed E-state index contributed by atoms with van der Waals surface area (Å²) in [5, 5.41) is 20.2. The highest BCUT2D eigenvalue weighted by molar-refractivity contribution is 5.61. The van der Waals surface area contributed by atoms with E-state index in [-0.39, 0.29) is 5.69 Å². The minimum absolute atomic E-state index is 0.0859. The van der Waals surface area contributed by atoms with Crippen LogP contribution in [0.2, 0.25) is 0 Å². The number of hydrogen-bond donors (Lipinski definition) is 3. The van der Waals surface area contributed by atoms with Gasteiger partial charge in [0.15, 0.2) is 5.69 Å². The van der Waals surface area contributed by atoms with Crippen molar-refractivity contribution >= 4 is 11.4 Å². The smallest absolute Gasteiger partial charge is 0.394 e. The summed E-state index contributed by atoms with van der Waals surface area (Å²) in [5.74, 6) is 0. The minimum atomic E-state index is -4.62. The fourth-order valence-electron chi connectivity index (χ4n) is 1.34. The highest BCUT2D eigenvalue weighted by Crippen LogP contribution is 2.38. The van der Waals surface area contributed by atoms with Crippen LogP contribution in [0.3, 0.4) is 0 Å². The van der Waals surface area contributed by atoms with Crippen molar-refractivity contribution in [2.75, 3.05) is 18.5 Å². The standard InChI is InChI=1S/C11H11F3N2O2/c1-15-10-3-2-7(16-8(5-17)6-18)4-9(10)11(12,13)14/h2-4,8,16-18H,5-6H2. The topological polar surface area (TPSA) is 56.9 Å². The lowest BCUT2D eigenvalue weighted by Crippen LogP contribution is -2.27. The number of benzene rings is 1. The first kappa shape index (κ1) is 14.3. The van der Waals surface area contributed by atoms with Crippen LogP contribution in [0.15, 0.2) is 18.2 Å². The molecule has 0 atom stereocenters. The molecule has 0 spiro atoms. The molecule has 1 aromatic rings. The van der Waals surface area contributed by atoms with E-state index in [1.54, 1.807) is 0 Å². The maximum absolute atomic E-state index is 12.6. The van der Waals surface area contributed by atoms with Crippen molar-refractivity contribution in [3.63, 3.8) is 0 Å². The lowest BCUT2D eigenvalue weighted by Gasteiger charge is -2.17. The van der Waals surface area contributed by atoms with Gasteiger partial charge in [-0.2, -0.15) is 13.2 Å². The second-order valence-corrected chi connectivity index (χ2v) is 3.55. The quantitative estimate of drug-likeness (QED) is 0.726. The Morgan fingerprint density at radius 3 is 2.33 bits per heavy atom. The monoisotopic (exact) mass is 260 g/mol. The van der Waals surface area contributed by atoms with Crippen LogP contribution in [-0.2, 0) is 6.18 Å². The Bertz CT molecular complexity index is 451. The molecule has 0 aliphatic rings. The summed E-state index contributed by atoms with van der Waals surface area (Å²) >= 11 is 0. The maximum atomic E-state index is 12.6. The Morgan fingerprint density at radius 2 is 1.89 bits per heavy atom. The van der Waals surface area contributed by atoms with Gasteiger partial charge >= 0.3 is 6.18 Å². The summed E-state index contributed by atoms with van der Waals surface area (Å²) in [5.41, 5.74) is -1.45. The lowest BCUT2D eigenvalue weighted by atomic mass is 10.1. The van der Waals surface area contributed by atoms with Crippen LogP contribution in [0.4, 0.5) is 24.5 Å². The average Bonchev–Trinajstić information content (AvgIpc) is 2.34. The molecule has 18 heavy (non-hydrogen) atoms. The molecule has 0 aliphatic carbocycles. The number of hydrogen-bond acceptors (Lipinski definition) is 3. The molecule has 1 aromatic carbocycles. The van der Waals surface area contributed by atoms with E-state index >= 15 is 0 Å². The second-order valence-electron chi connectivity index (χ2n) is 3.55. The van der Waals surface area contributed by atoms with Gasteiger partial charge in [0.1, 0.15) is 0 Å². The van der Waals surface area contributed by atoms with Crippen molar-refractivity contribution in [1.29, 1.82) is 0 Å². The van der Waals surface area contributed by atoms with Gasteiger partial charge in [0, 0.05) is 5.69 Å². The van der Waals surface area contributed by atoms with Gasteiger partial charge < -0.3 is 15.5 Å². The van der Waals surface area contributed by atoms with Crippen molar-refractivity contribution in [2.24, 2.45) is 0 Å². The Kier molecular flexibility index (Phi) is 4.53. The van der Waals surface area contributed by atoms with Gasteiger partial charge in [-0.1, -0.05) is 6.07 Å². The molecule has 0 unspecified atom stereocenters. The zero-order chi connectivity index (χ0) is 13.8. The molecule has 0 radical (unpaired) electrons. The lowest BCUT2D eigenvalue weighted by molar-refractivity contribution is -0.136. The highest BCUT2D eigenvalue weighted by atomic mass is 19.4. The fourth-order valence-corrected chi connectivity index (χ4v) is 1.34. The van der Waals surface area contributed by atoms with Crippen LogP contribution in [0, 0.1) is 6.57 Å². The third-order valence-corrected chi connectivity index (χ3v) is 2.23. The van der Waals surface area contributed by atoms with Gasteiger partial charge in [-0.15, -0.1) is 0 Å². The van der Waals surface area contributed by atoms with Gasteiger partial charge in [0.2, 0.25) is 0 Å². The van der Waals surface area contributed by atoms with E-state index in [1.807, 2.05) is 0 Å². The molecule has 0 amide bonds. The molecule has 0 heterocycles. The molecule has 4 nitrogen and oxygen atoms in total. The summed E-state index contributed by atoms with van der Waals surface area (Å²) in [6.07, 6.45) is -4.62. The van der Waals surface area contributed by atoms with Crippen molar-refractivity contribution in [1.82, 2.24) is 0 Å². The van der Waals surface area contributed by atoms with Crippen molar-refractivity contribution < 1.29 is 23.4 Å². The van der Waals surface area contributed by atoms with Gasteiger partial charge in [-0.25, -0.2) is 4.85 Å². The third-order valence-electron chi connectivity index (χ3n) is 2.23. The number of rotatable bonds is 4. The van der Waals surface area contributed by atoms with E-state index in [2.05, 4.69) is 10.2 Å². The Hall–Kier alpha value is -1.78. The summed E-state index contributed by atoms with van der Waals surface area (Å²) in [4.78, 5) is 2.80. The zero-order valence-electron chi connectivity index (χ0n) is 9.20. The third kappa shape index (κ3) is 3.35. The number of halogens is 3. The summed E-state index contributed by atoms with van der Waals surface area (Å²) < 4.78 is 37.9. The minimum Gasteiger partial charge on any atom is -0.394 e. The van der Waals surface area contributed by atoms with E-state index in [4.69, 9.17) is 16.8 Å². The molecule has 98 valence electrons. The van der Waals surface area contributed by atoms with Gasteiger partial charge in [-0.3, -0.25) is 0 Å². The molecular weight excluding hydrogens is 249 g/mol. The highest BCUT2D eigenvalue weighted by Gasteiger charge is 2.33. The van der Waals surface area contributed by atoms with Gasteiger partial charge in [-0.05, 0) is 12.1 Å². The van der Waals surface area contributed by atoms with Crippen molar-refractivity contribution in [3.05, 3.63) is 35.2 Å². The SMILES string of the molecule is [C-]#[N+]c1ccc(NC(CO)CO)cc1C(F)(F)F. The first-order chi connectivity index (χ1) is 8.42. The predicted octanol–water partition coefficient (Wildman–Crippen LogP) is 2.02. The molecule has 0 bridgehead atoms. The van der Waals surface area contributed by atoms with Crippen molar-refractivity contribution in [3.8, 4) is 0 Å². The van der Waals surface area contributed by atoms with E-state index in [0.717, 1.165) is 12.1 Å². The van der Waals surface area contributed by atoms with E-state index in [0.29, 0.717) is 0 Å². The van der Waals surface area contributed by atoms with Crippen LogP contribution < -0.4 is 5.32 Å². The zero-order valence-corrected chi connectivity index (χ0v) is 9.20. The van der Waals surface area contributed by atoms with Crippen LogP contribution in [0.5, 0.6) is 0 Å². The Labute approximate surface area is 101 Å². The fraction of sp³-hybridized carbons (Fsp3) is 0.364. The van der Waals surface area contributed by atoms with Crippen LogP contribution in [0.1, 0.15) is 5.56 Å². The number of nitrogens with zero attached hydrogens (tertiary/aromatic N) is 1. The first-order valence-electron chi connectivity index (χ1n) is 4.99. The first-order valence-corrected chi connectivity index (χ1v) is 4.99.